The molecule has 2 rings (SSSR count). The van der Waals surface area contributed by atoms with Crippen molar-refractivity contribution in [3.05, 3.63) is 40.6 Å². The highest BCUT2D eigenvalue weighted by Crippen LogP contribution is 2.28. The molecule has 1 aromatic carbocycles. The van der Waals surface area contributed by atoms with E-state index in [1.54, 1.807) is 7.11 Å². The Morgan fingerprint density at radius 3 is 2.79 bits per heavy atom. The molecule has 0 saturated carbocycles. The zero-order chi connectivity index (χ0) is 9.97. The van der Waals surface area contributed by atoms with Gasteiger partial charge in [0.1, 0.15) is 5.76 Å². The van der Waals surface area contributed by atoms with Crippen LogP contribution in [0, 0.1) is 0 Å². The van der Waals surface area contributed by atoms with Crippen molar-refractivity contribution in [1.82, 2.24) is 0 Å². The SMILES string of the molecule is COC1=CCC1Nc1ccccc1Br. The maximum absolute atomic E-state index is 5.19. The van der Waals surface area contributed by atoms with Crippen molar-refractivity contribution in [2.45, 2.75) is 12.5 Å². The molecule has 0 aliphatic heterocycles. The van der Waals surface area contributed by atoms with Gasteiger partial charge in [0.15, 0.2) is 0 Å². The monoisotopic (exact) mass is 253 g/mol. The minimum atomic E-state index is 0.332. The van der Waals surface area contributed by atoms with E-state index in [1.165, 1.54) is 0 Å². The average Bonchev–Trinajstić information content (AvgIpc) is 2.15. The fourth-order valence-electron chi connectivity index (χ4n) is 1.45. The minimum Gasteiger partial charge on any atom is -0.499 e. The molecule has 0 fully saturated rings. The van der Waals surface area contributed by atoms with Gasteiger partial charge < -0.3 is 10.1 Å². The summed E-state index contributed by atoms with van der Waals surface area (Å²) in [6, 6.07) is 8.43. The lowest BCUT2D eigenvalue weighted by atomic mass is 10.0. The van der Waals surface area contributed by atoms with E-state index in [0.717, 1.165) is 22.3 Å². The van der Waals surface area contributed by atoms with Crippen LogP contribution in [0.25, 0.3) is 0 Å². The van der Waals surface area contributed by atoms with Crippen LogP contribution in [0.1, 0.15) is 6.42 Å². The van der Waals surface area contributed by atoms with E-state index in [-0.39, 0.29) is 0 Å². The first-order chi connectivity index (χ1) is 6.81. The summed E-state index contributed by atoms with van der Waals surface area (Å²) in [6.07, 6.45) is 3.12. The van der Waals surface area contributed by atoms with E-state index in [4.69, 9.17) is 4.74 Å². The molecule has 1 atom stereocenters. The maximum Gasteiger partial charge on any atom is 0.114 e. The quantitative estimate of drug-likeness (QED) is 0.894. The first-order valence-electron chi connectivity index (χ1n) is 4.56. The summed E-state index contributed by atoms with van der Waals surface area (Å²) in [7, 11) is 1.71. The lowest BCUT2D eigenvalue weighted by molar-refractivity contribution is 0.250. The van der Waals surface area contributed by atoms with Crippen molar-refractivity contribution < 1.29 is 4.74 Å². The van der Waals surface area contributed by atoms with Crippen LogP contribution in [-0.2, 0) is 4.74 Å². The van der Waals surface area contributed by atoms with Gasteiger partial charge in [-0.1, -0.05) is 12.1 Å². The summed E-state index contributed by atoms with van der Waals surface area (Å²) in [5.41, 5.74) is 1.11. The molecule has 1 aliphatic rings. The van der Waals surface area contributed by atoms with E-state index < -0.39 is 0 Å². The van der Waals surface area contributed by atoms with Crippen molar-refractivity contribution in [2.24, 2.45) is 0 Å². The molecule has 0 bridgehead atoms. The summed E-state index contributed by atoms with van der Waals surface area (Å²) in [5, 5.41) is 3.41. The molecule has 0 saturated heterocycles. The zero-order valence-electron chi connectivity index (χ0n) is 7.96. The van der Waals surface area contributed by atoms with Crippen LogP contribution in [0.5, 0.6) is 0 Å². The van der Waals surface area contributed by atoms with Gasteiger partial charge in [-0.15, -0.1) is 0 Å². The van der Waals surface area contributed by atoms with Crippen molar-refractivity contribution >= 4 is 21.6 Å². The first-order valence-corrected chi connectivity index (χ1v) is 5.35. The second-order valence-corrected chi connectivity index (χ2v) is 4.08. The Hall–Kier alpha value is -0.960. The smallest absolute Gasteiger partial charge is 0.114 e. The molecule has 1 aliphatic carbocycles. The number of hydrogen-bond acceptors (Lipinski definition) is 2. The topological polar surface area (TPSA) is 21.3 Å². The number of rotatable bonds is 3. The van der Waals surface area contributed by atoms with Crippen LogP contribution in [0.15, 0.2) is 40.6 Å². The number of para-hydroxylation sites is 1. The third kappa shape index (κ3) is 1.77. The minimum absolute atomic E-state index is 0.332. The highest BCUT2D eigenvalue weighted by molar-refractivity contribution is 9.10. The standard InChI is InChI=1S/C11H12BrNO/c1-14-11-7-6-10(11)13-9-5-3-2-4-8(9)12/h2-5,7,10,13H,6H2,1H3. The Morgan fingerprint density at radius 1 is 1.43 bits per heavy atom. The van der Waals surface area contributed by atoms with Gasteiger partial charge in [0.25, 0.3) is 0 Å². The van der Waals surface area contributed by atoms with Crippen LogP contribution in [0.2, 0.25) is 0 Å². The molecule has 0 spiro atoms. The zero-order valence-corrected chi connectivity index (χ0v) is 9.54. The molecule has 74 valence electrons. The third-order valence-corrected chi connectivity index (χ3v) is 3.03. The van der Waals surface area contributed by atoms with Gasteiger partial charge in [-0.2, -0.15) is 0 Å². The van der Waals surface area contributed by atoms with Gasteiger partial charge in [0.2, 0.25) is 0 Å². The Balaban J connectivity index is 2.06. The van der Waals surface area contributed by atoms with Crippen molar-refractivity contribution in [2.75, 3.05) is 12.4 Å². The summed E-state index contributed by atoms with van der Waals surface area (Å²) < 4.78 is 6.28. The highest BCUT2D eigenvalue weighted by atomic mass is 79.9. The fourth-order valence-corrected chi connectivity index (χ4v) is 1.85. The van der Waals surface area contributed by atoms with Crippen LogP contribution >= 0.6 is 15.9 Å². The number of methoxy groups -OCH3 is 1. The van der Waals surface area contributed by atoms with Gasteiger partial charge in [-0.3, -0.25) is 0 Å². The average molecular weight is 254 g/mol. The van der Waals surface area contributed by atoms with Crippen LogP contribution in [0.3, 0.4) is 0 Å². The highest BCUT2D eigenvalue weighted by Gasteiger charge is 2.22. The van der Waals surface area contributed by atoms with E-state index in [1.807, 2.05) is 18.2 Å². The number of nitrogens with one attached hydrogen (secondary N) is 1. The third-order valence-electron chi connectivity index (χ3n) is 2.34. The molecule has 2 nitrogen and oxygen atoms in total. The lowest BCUT2D eigenvalue weighted by Crippen LogP contribution is -2.29. The van der Waals surface area contributed by atoms with Gasteiger partial charge >= 0.3 is 0 Å². The van der Waals surface area contributed by atoms with E-state index in [2.05, 4.69) is 33.4 Å². The molecular formula is C11H12BrNO. The van der Waals surface area contributed by atoms with E-state index in [0.29, 0.717) is 6.04 Å². The van der Waals surface area contributed by atoms with Gasteiger partial charge in [0.05, 0.1) is 13.2 Å². The molecule has 1 N–H and O–H groups in total. The van der Waals surface area contributed by atoms with Crippen LogP contribution < -0.4 is 5.32 Å². The Bertz CT molecular complexity index is 362. The molecule has 0 heterocycles. The fraction of sp³-hybridized carbons (Fsp3) is 0.273. The van der Waals surface area contributed by atoms with E-state index in [9.17, 15) is 0 Å². The Labute approximate surface area is 92.1 Å². The number of halogens is 1. The summed E-state index contributed by atoms with van der Waals surface area (Å²) >= 11 is 3.50. The Morgan fingerprint density at radius 2 is 2.21 bits per heavy atom. The van der Waals surface area contributed by atoms with E-state index >= 15 is 0 Å². The van der Waals surface area contributed by atoms with Gasteiger partial charge in [0, 0.05) is 10.2 Å². The number of benzene rings is 1. The second kappa shape index (κ2) is 4.05. The van der Waals surface area contributed by atoms with Crippen molar-refractivity contribution in [1.29, 1.82) is 0 Å². The largest absolute Gasteiger partial charge is 0.499 e. The number of hydrogen-bond donors (Lipinski definition) is 1. The molecule has 1 unspecified atom stereocenters. The second-order valence-electron chi connectivity index (χ2n) is 3.22. The Kier molecular flexibility index (Phi) is 2.77. The van der Waals surface area contributed by atoms with Crippen molar-refractivity contribution in [3.63, 3.8) is 0 Å². The molecule has 14 heavy (non-hydrogen) atoms. The van der Waals surface area contributed by atoms with Crippen LogP contribution in [-0.4, -0.2) is 13.2 Å². The van der Waals surface area contributed by atoms with Crippen LogP contribution in [0.4, 0.5) is 5.69 Å². The molecule has 0 amide bonds. The predicted octanol–water partition coefficient (Wildman–Crippen LogP) is 3.16. The summed E-state index contributed by atoms with van der Waals surface area (Å²) in [4.78, 5) is 0. The first kappa shape index (κ1) is 9.59. The molecule has 0 aromatic heterocycles. The molecule has 0 radical (unpaired) electrons. The van der Waals surface area contributed by atoms with Crippen molar-refractivity contribution in [3.8, 4) is 0 Å². The molecular weight excluding hydrogens is 242 g/mol. The number of anilines is 1. The molecule has 1 aromatic rings. The predicted molar refractivity (Wildman–Crippen MR) is 61.3 cm³/mol. The van der Waals surface area contributed by atoms with Gasteiger partial charge in [-0.25, -0.2) is 0 Å². The number of ether oxygens (including phenoxy) is 1. The lowest BCUT2D eigenvalue weighted by Gasteiger charge is -2.27. The summed E-state index contributed by atoms with van der Waals surface area (Å²) in [5.74, 6) is 1.03. The molecule has 3 heteroatoms. The van der Waals surface area contributed by atoms with Gasteiger partial charge in [-0.05, 0) is 40.6 Å². The maximum atomic E-state index is 5.19. The normalized spacial score (nSPS) is 19.6. The summed E-state index contributed by atoms with van der Waals surface area (Å²) in [6.45, 7) is 0.